The lowest BCUT2D eigenvalue weighted by molar-refractivity contribution is 0.602. The maximum Gasteiger partial charge on any atom is 0.232 e. The molecule has 0 aliphatic carbocycles. The lowest BCUT2D eigenvalue weighted by Crippen LogP contribution is -2.17. The first kappa shape index (κ1) is 14.8. The Bertz CT molecular complexity index is 450. The molecule has 1 rings (SSSR count). The minimum absolute atomic E-state index is 0.0841. The summed E-state index contributed by atoms with van der Waals surface area (Å²) >= 11 is 0. The molecule has 0 aliphatic rings. The van der Waals surface area contributed by atoms with E-state index in [0.29, 0.717) is 11.7 Å². The topological polar surface area (TPSA) is 58.2 Å². The van der Waals surface area contributed by atoms with Crippen molar-refractivity contribution in [2.75, 3.05) is 15.8 Å². The van der Waals surface area contributed by atoms with E-state index < -0.39 is 10.0 Å². The summed E-state index contributed by atoms with van der Waals surface area (Å²) in [5, 5.41) is 3.41. The maximum atomic E-state index is 11.4. The predicted molar refractivity (Wildman–Crippen MR) is 77.5 cm³/mol. The first-order chi connectivity index (χ1) is 8.50. The standard InChI is InChI=1S/C13H22N2O2S/c1-4-11(5-2)14-12-7-9-13(10-8-12)15-18(16,17)6-3/h7-11,14-15H,4-6H2,1-3H3. The van der Waals surface area contributed by atoms with E-state index in [9.17, 15) is 8.42 Å². The van der Waals surface area contributed by atoms with Gasteiger partial charge in [0, 0.05) is 17.4 Å². The van der Waals surface area contributed by atoms with Crippen molar-refractivity contribution in [3.63, 3.8) is 0 Å². The Kier molecular flexibility index (Phi) is 5.47. The van der Waals surface area contributed by atoms with E-state index in [-0.39, 0.29) is 5.75 Å². The lowest BCUT2D eigenvalue weighted by Gasteiger charge is -2.16. The van der Waals surface area contributed by atoms with Gasteiger partial charge < -0.3 is 5.32 Å². The van der Waals surface area contributed by atoms with Crippen LogP contribution in [0.5, 0.6) is 0 Å². The number of hydrogen-bond acceptors (Lipinski definition) is 3. The van der Waals surface area contributed by atoms with Gasteiger partial charge in [0.15, 0.2) is 0 Å². The van der Waals surface area contributed by atoms with Crippen LogP contribution in [0.2, 0.25) is 0 Å². The molecule has 5 heteroatoms. The predicted octanol–water partition coefficient (Wildman–Crippen LogP) is 3.05. The zero-order valence-electron chi connectivity index (χ0n) is 11.2. The van der Waals surface area contributed by atoms with Gasteiger partial charge in [0.25, 0.3) is 0 Å². The molecule has 0 spiro atoms. The van der Waals surface area contributed by atoms with E-state index in [2.05, 4.69) is 23.9 Å². The minimum atomic E-state index is -3.19. The summed E-state index contributed by atoms with van der Waals surface area (Å²) in [5.41, 5.74) is 1.62. The van der Waals surface area contributed by atoms with Gasteiger partial charge in [0.1, 0.15) is 0 Å². The van der Waals surface area contributed by atoms with E-state index in [0.717, 1.165) is 18.5 Å². The molecule has 0 aliphatic heterocycles. The van der Waals surface area contributed by atoms with E-state index in [1.807, 2.05) is 12.1 Å². The Hall–Kier alpha value is -1.23. The Morgan fingerprint density at radius 3 is 1.94 bits per heavy atom. The molecule has 4 nitrogen and oxygen atoms in total. The van der Waals surface area contributed by atoms with E-state index in [1.54, 1.807) is 19.1 Å². The molecule has 1 aromatic carbocycles. The van der Waals surface area contributed by atoms with Crippen molar-refractivity contribution in [2.45, 2.75) is 39.7 Å². The van der Waals surface area contributed by atoms with Crippen LogP contribution >= 0.6 is 0 Å². The van der Waals surface area contributed by atoms with Crippen LogP contribution in [0.4, 0.5) is 11.4 Å². The van der Waals surface area contributed by atoms with Gasteiger partial charge in [0.2, 0.25) is 10.0 Å². The van der Waals surface area contributed by atoms with Crippen molar-refractivity contribution >= 4 is 21.4 Å². The van der Waals surface area contributed by atoms with Gasteiger partial charge in [-0.25, -0.2) is 8.42 Å². The first-order valence-corrected chi connectivity index (χ1v) is 8.03. The van der Waals surface area contributed by atoms with Crippen LogP contribution in [0.15, 0.2) is 24.3 Å². The van der Waals surface area contributed by atoms with Gasteiger partial charge in [0.05, 0.1) is 5.75 Å². The average molecular weight is 270 g/mol. The van der Waals surface area contributed by atoms with Gasteiger partial charge in [-0.3, -0.25) is 4.72 Å². The number of hydrogen-bond donors (Lipinski definition) is 2. The molecule has 0 atom stereocenters. The minimum Gasteiger partial charge on any atom is -0.382 e. The first-order valence-electron chi connectivity index (χ1n) is 6.37. The number of benzene rings is 1. The molecular weight excluding hydrogens is 248 g/mol. The summed E-state index contributed by atoms with van der Waals surface area (Å²) in [6, 6.07) is 7.80. The highest BCUT2D eigenvalue weighted by molar-refractivity contribution is 7.92. The fourth-order valence-electron chi connectivity index (χ4n) is 1.61. The Labute approximate surface area is 110 Å². The van der Waals surface area contributed by atoms with Gasteiger partial charge in [-0.2, -0.15) is 0 Å². The van der Waals surface area contributed by atoms with Crippen LogP contribution in [0.1, 0.15) is 33.6 Å². The van der Waals surface area contributed by atoms with E-state index in [1.165, 1.54) is 0 Å². The Morgan fingerprint density at radius 2 is 1.50 bits per heavy atom. The van der Waals surface area contributed by atoms with Crippen molar-refractivity contribution < 1.29 is 8.42 Å². The van der Waals surface area contributed by atoms with Crippen LogP contribution in [0.25, 0.3) is 0 Å². The molecule has 0 unspecified atom stereocenters. The van der Waals surface area contributed by atoms with Gasteiger partial charge >= 0.3 is 0 Å². The molecule has 0 fully saturated rings. The smallest absolute Gasteiger partial charge is 0.232 e. The summed E-state index contributed by atoms with van der Waals surface area (Å²) in [7, 11) is -3.19. The molecular formula is C13H22N2O2S. The van der Waals surface area contributed by atoms with Crippen molar-refractivity contribution in [1.29, 1.82) is 0 Å². The Balaban J connectivity index is 2.68. The van der Waals surface area contributed by atoms with Gasteiger partial charge in [-0.15, -0.1) is 0 Å². The van der Waals surface area contributed by atoms with Crippen LogP contribution in [-0.2, 0) is 10.0 Å². The molecule has 2 N–H and O–H groups in total. The number of anilines is 2. The molecule has 18 heavy (non-hydrogen) atoms. The molecule has 0 amide bonds. The summed E-state index contributed by atoms with van der Waals surface area (Å²) in [6.45, 7) is 5.90. The summed E-state index contributed by atoms with van der Waals surface area (Å²) < 4.78 is 25.3. The van der Waals surface area contributed by atoms with Crippen molar-refractivity contribution in [2.24, 2.45) is 0 Å². The number of sulfonamides is 1. The lowest BCUT2D eigenvalue weighted by atomic mass is 10.1. The summed E-state index contributed by atoms with van der Waals surface area (Å²) in [6.07, 6.45) is 2.14. The van der Waals surface area contributed by atoms with Crippen LogP contribution < -0.4 is 10.0 Å². The highest BCUT2D eigenvalue weighted by Crippen LogP contribution is 2.17. The monoisotopic (exact) mass is 270 g/mol. The molecule has 0 heterocycles. The third-order valence-electron chi connectivity index (χ3n) is 2.89. The van der Waals surface area contributed by atoms with Gasteiger partial charge in [-0.05, 0) is 44.0 Å². The second-order valence-electron chi connectivity index (χ2n) is 4.24. The van der Waals surface area contributed by atoms with Crippen LogP contribution in [0, 0.1) is 0 Å². The zero-order chi connectivity index (χ0) is 13.6. The second-order valence-corrected chi connectivity index (χ2v) is 6.25. The molecule has 0 aromatic heterocycles. The highest BCUT2D eigenvalue weighted by Gasteiger charge is 2.07. The zero-order valence-corrected chi connectivity index (χ0v) is 12.0. The SMILES string of the molecule is CCC(CC)Nc1ccc(NS(=O)(=O)CC)cc1. The van der Waals surface area contributed by atoms with Crippen LogP contribution in [-0.4, -0.2) is 20.2 Å². The molecule has 0 bridgehead atoms. The number of rotatable bonds is 7. The highest BCUT2D eigenvalue weighted by atomic mass is 32.2. The third kappa shape index (κ3) is 4.56. The van der Waals surface area contributed by atoms with Crippen LogP contribution in [0.3, 0.4) is 0 Å². The summed E-state index contributed by atoms with van der Waals surface area (Å²) in [4.78, 5) is 0. The molecule has 0 radical (unpaired) electrons. The Morgan fingerprint density at radius 1 is 1.00 bits per heavy atom. The molecule has 102 valence electrons. The third-order valence-corrected chi connectivity index (χ3v) is 4.20. The van der Waals surface area contributed by atoms with Crippen molar-refractivity contribution in [1.82, 2.24) is 0 Å². The van der Waals surface area contributed by atoms with E-state index >= 15 is 0 Å². The molecule has 1 aromatic rings. The fourth-order valence-corrected chi connectivity index (χ4v) is 2.25. The number of nitrogens with one attached hydrogen (secondary N) is 2. The van der Waals surface area contributed by atoms with Gasteiger partial charge in [-0.1, -0.05) is 13.8 Å². The fraction of sp³-hybridized carbons (Fsp3) is 0.538. The van der Waals surface area contributed by atoms with E-state index in [4.69, 9.17) is 0 Å². The normalized spacial score (nSPS) is 11.6. The van der Waals surface area contributed by atoms with Crippen molar-refractivity contribution in [3.05, 3.63) is 24.3 Å². The summed E-state index contributed by atoms with van der Waals surface area (Å²) in [5.74, 6) is 0.0841. The largest absolute Gasteiger partial charge is 0.382 e. The quantitative estimate of drug-likeness (QED) is 0.800. The molecule has 0 saturated carbocycles. The van der Waals surface area contributed by atoms with Crippen molar-refractivity contribution in [3.8, 4) is 0 Å². The molecule has 0 saturated heterocycles. The maximum absolute atomic E-state index is 11.4. The average Bonchev–Trinajstić information content (AvgIpc) is 2.37. The second kappa shape index (κ2) is 6.64.